The second kappa shape index (κ2) is 8.19. The van der Waals surface area contributed by atoms with Crippen LogP contribution in [-0.4, -0.2) is 18.5 Å². The standard InChI is InChI=1S/C24H21NO4/c1-2-28-20-11-9-19(10-12-20)25-23(26)17-8-13-21-18(14-17)15-22(29-24(21)27)16-6-4-3-5-7-16/h3-14,22H,2,15H2,1H3,(H,25,26). The average molecular weight is 387 g/mol. The van der Waals surface area contributed by atoms with Gasteiger partial charge in [-0.05, 0) is 60.5 Å². The van der Waals surface area contributed by atoms with Crippen molar-refractivity contribution in [1.29, 1.82) is 0 Å². The van der Waals surface area contributed by atoms with E-state index in [0.717, 1.165) is 16.9 Å². The second-order valence-electron chi connectivity index (χ2n) is 6.79. The van der Waals surface area contributed by atoms with Crippen molar-refractivity contribution < 1.29 is 19.1 Å². The van der Waals surface area contributed by atoms with Crippen LogP contribution < -0.4 is 10.1 Å². The molecule has 0 aliphatic carbocycles. The Labute approximate surface area is 169 Å². The van der Waals surface area contributed by atoms with Crippen molar-refractivity contribution in [2.24, 2.45) is 0 Å². The fraction of sp³-hybridized carbons (Fsp3) is 0.167. The van der Waals surface area contributed by atoms with Crippen molar-refractivity contribution in [3.8, 4) is 5.75 Å². The van der Waals surface area contributed by atoms with E-state index in [1.165, 1.54) is 0 Å². The third-order valence-electron chi connectivity index (χ3n) is 4.84. The van der Waals surface area contributed by atoms with Crippen LogP contribution in [0.2, 0.25) is 0 Å². The summed E-state index contributed by atoms with van der Waals surface area (Å²) in [6.07, 6.45) is 0.190. The Morgan fingerprint density at radius 3 is 2.55 bits per heavy atom. The highest BCUT2D eigenvalue weighted by Crippen LogP contribution is 2.31. The number of carbonyl (C=O) groups excluding carboxylic acids is 2. The Morgan fingerprint density at radius 2 is 1.83 bits per heavy atom. The van der Waals surface area contributed by atoms with Crippen LogP contribution in [0, 0.1) is 0 Å². The third kappa shape index (κ3) is 4.14. The molecular weight excluding hydrogens is 366 g/mol. The van der Waals surface area contributed by atoms with Crippen LogP contribution in [0.15, 0.2) is 72.8 Å². The minimum Gasteiger partial charge on any atom is -0.494 e. The number of esters is 1. The molecule has 0 saturated heterocycles. The highest BCUT2D eigenvalue weighted by atomic mass is 16.5. The fourth-order valence-corrected chi connectivity index (χ4v) is 3.40. The quantitative estimate of drug-likeness (QED) is 0.639. The van der Waals surface area contributed by atoms with Crippen LogP contribution in [-0.2, 0) is 11.2 Å². The first-order chi connectivity index (χ1) is 14.1. The largest absolute Gasteiger partial charge is 0.494 e. The van der Waals surface area contributed by atoms with Crippen molar-refractivity contribution in [2.75, 3.05) is 11.9 Å². The first-order valence-electron chi connectivity index (χ1n) is 9.57. The van der Waals surface area contributed by atoms with E-state index in [4.69, 9.17) is 9.47 Å². The number of benzene rings is 3. The molecule has 5 heteroatoms. The summed E-state index contributed by atoms with van der Waals surface area (Å²) in [7, 11) is 0. The number of cyclic esters (lactones) is 1. The predicted octanol–water partition coefficient (Wildman–Crippen LogP) is 4.79. The van der Waals surface area contributed by atoms with Gasteiger partial charge in [0.2, 0.25) is 0 Å². The molecule has 4 rings (SSSR count). The zero-order chi connectivity index (χ0) is 20.2. The van der Waals surface area contributed by atoms with E-state index < -0.39 is 0 Å². The molecule has 29 heavy (non-hydrogen) atoms. The molecule has 0 fully saturated rings. The number of fused-ring (bicyclic) bond motifs is 1. The normalized spacial score (nSPS) is 15.2. The molecule has 5 nitrogen and oxygen atoms in total. The molecule has 146 valence electrons. The Bertz CT molecular complexity index is 1030. The highest BCUT2D eigenvalue weighted by molar-refractivity contribution is 6.05. The van der Waals surface area contributed by atoms with Crippen molar-refractivity contribution in [2.45, 2.75) is 19.4 Å². The van der Waals surface area contributed by atoms with Crippen molar-refractivity contribution in [3.63, 3.8) is 0 Å². The number of rotatable bonds is 5. The molecule has 1 aliphatic rings. The first kappa shape index (κ1) is 18.7. The summed E-state index contributed by atoms with van der Waals surface area (Å²) in [5, 5.41) is 2.88. The van der Waals surface area contributed by atoms with Gasteiger partial charge in [-0.25, -0.2) is 4.79 Å². The number of anilines is 1. The molecule has 0 spiro atoms. The van der Waals surface area contributed by atoms with Crippen LogP contribution in [0.3, 0.4) is 0 Å². The van der Waals surface area contributed by atoms with Gasteiger partial charge in [-0.15, -0.1) is 0 Å². The molecule has 0 saturated carbocycles. The summed E-state index contributed by atoms with van der Waals surface area (Å²) in [5.41, 5.74) is 3.44. The van der Waals surface area contributed by atoms with Gasteiger partial charge in [0, 0.05) is 17.7 Å². The van der Waals surface area contributed by atoms with Crippen LogP contribution >= 0.6 is 0 Å². The van der Waals surface area contributed by atoms with Crippen molar-refractivity contribution >= 4 is 17.6 Å². The van der Waals surface area contributed by atoms with Gasteiger partial charge in [0.05, 0.1) is 12.2 Å². The Hall–Kier alpha value is -3.60. The van der Waals surface area contributed by atoms with Gasteiger partial charge in [0.15, 0.2) is 0 Å². The maximum atomic E-state index is 12.7. The molecule has 0 bridgehead atoms. The van der Waals surface area contributed by atoms with Crippen molar-refractivity contribution in [1.82, 2.24) is 0 Å². The molecule has 1 heterocycles. The zero-order valence-corrected chi connectivity index (χ0v) is 16.1. The van der Waals surface area contributed by atoms with E-state index in [1.807, 2.05) is 49.4 Å². The summed E-state index contributed by atoms with van der Waals surface area (Å²) in [6, 6.07) is 21.9. The lowest BCUT2D eigenvalue weighted by Gasteiger charge is -2.25. The number of ether oxygens (including phenoxy) is 2. The van der Waals surface area contributed by atoms with Crippen LogP contribution in [0.4, 0.5) is 5.69 Å². The molecule has 1 N–H and O–H groups in total. The molecule has 3 aromatic rings. The molecule has 1 amide bonds. The number of amides is 1. The topological polar surface area (TPSA) is 64.6 Å². The Kier molecular flexibility index (Phi) is 5.29. The highest BCUT2D eigenvalue weighted by Gasteiger charge is 2.28. The van der Waals surface area contributed by atoms with Crippen LogP contribution in [0.5, 0.6) is 5.75 Å². The molecule has 1 unspecified atom stereocenters. The van der Waals surface area contributed by atoms with Crippen LogP contribution in [0.25, 0.3) is 0 Å². The summed E-state index contributed by atoms with van der Waals surface area (Å²) in [5.74, 6) is 0.162. The lowest BCUT2D eigenvalue weighted by Crippen LogP contribution is -2.23. The van der Waals surface area contributed by atoms with Gasteiger partial charge in [-0.1, -0.05) is 30.3 Å². The number of hydrogen-bond acceptors (Lipinski definition) is 4. The van der Waals surface area contributed by atoms with Gasteiger partial charge in [-0.3, -0.25) is 4.79 Å². The Morgan fingerprint density at radius 1 is 1.07 bits per heavy atom. The molecule has 0 aromatic heterocycles. The van der Waals surface area contributed by atoms with E-state index in [9.17, 15) is 9.59 Å². The number of hydrogen-bond donors (Lipinski definition) is 1. The smallest absolute Gasteiger partial charge is 0.339 e. The lowest BCUT2D eigenvalue weighted by molar-refractivity contribution is 0.0252. The van der Waals surface area contributed by atoms with E-state index in [1.54, 1.807) is 30.3 Å². The van der Waals surface area contributed by atoms with Gasteiger partial charge in [-0.2, -0.15) is 0 Å². The third-order valence-corrected chi connectivity index (χ3v) is 4.84. The maximum absolute atomic E-state index is 12.7. The SMILES string of the molecule is CCOc1ccc(NC(=O)c2ccc3c(c2)CC(c2ccccc2)OC3=O)cc1. The molecule has 1 aliphatic heterocycles. The van der Waals surface area contributed by atoms with Gasteiger partial charge in [0.25, 0.3) is 5.91 Å². The molecular formula is C24H21NO4. The van der Waals surface area contributed by atoms with Gasteiger partial charge in [0.1, 0.15) is 11.9 Å². The summed E-state index contributed by atoms with van der Waals surface area (Å²) < 4.78 is 11.0. The minimum absolute atomic E-state index is 0.229. The Balaban J connectivity index is 1.52. The fourth-order valence-electron chi connectivity index (χ4n) is 3.40. The van der Waals surface area contributed by atoms with E-state index in [0.29, 0.717) is 29.8 Å². The average Bonchev–Trinajstić information content (AvgIpc) is 2.75. The number of carbonyl (C=O) groups is 2. The van der Waals surface area contributed by atoms with E-state index in [-0.39, 0.29) is 18.0 Å². The second-order valence-corrected chi connectivity index (χ2v) is 6.79. The minimum atomic E-state index is -0.362. The predicted molar refractivity (Wildman–Crippen MR) is 110 cm³/mol. The maximum Gasteiger partial charge on any atom is 0.339 e. The summed E-state index contributed by atoms with van der Waals surface area (Å²) >= 11 is 0. The molecule has 3 aromatic carbocycles. The van der Waals surface area contributed by atoms with E-state index >= 15 is 0 Å². The summed E-state index contributed by atoms with van der Waals surface area (Å²) in [6.45, 7) is 2.51. The van der Waals surface area contributed by atoms with E-state index in [2.05, 4.69) is 5.32 Å². The van der Waals surface area contributed by atoms with Gasteiger partial charge < -0.3 is 14.8 Å². The van der Waals surface area contributed by atoms with Gasteiger partial charge >= 0.3 is 5.97 Å². The van der Waals surface area contributed by atoms with Crippen molar-refractivity contribution in [3.05, 3.63) is 95.1 Å². The molecule has 1 atom stereocenters. The number of nitrogens with one attached hydrogen (secondary N) is 1. The zero-order valence-electron chi connectivity index (χ0n) is 16.1. The monoisotopic (exact) mass is 387 g/mol. The first-order valence-corrected chi connectivity index (χ1v) is 9.57. The lowest BCUT2D eigenvalue weighted by atomic mass is 9.93. The summed E-state index contributed by atoms with van der Waals surface area (Å²) in [4.78, 5) is 25.1. The van der Waals surface area contributed by atoms with Crippen LogP contribution in [0.1, 0.15) is 44.9 Å². The molecule has 0 radical (unpaired) electrons.